The van der Waals surface area contributed by atoms with Crippen molar-refractivity contribution >= 4 is 28.9 Å². The van der Waals surface area contributed by atoms with E-state index < -0.39 is 5.82 Å². The van der Waals surface area contributed by atoms with Crippen LogP contribution in [0.3, 0.4) is 0 Å². The second kappa shape index (κ2) is 4.66. The number of benzene rings is 1. The van der Waals surface area contributed by atoms with Gasteiger partial charge in [0.1, 0.15) is 23.3 Å². The van der Waals surface area contributed by atoms with Gasteiger partial charge in [0.05, 0.1) is 5.69 Å². The summed E-state index contributed by atoms with van der Waals surface area (Å²) in [6.45, 7) is 0. The molecule has 1 aromatic carbocycles. The molecule has 1 aromatic heterocycles. The number of nitrogen functional groups attached to an aromatic ring is 1. The Bertz CT molecular complexity index is 628. The van der Waals surface area contributed by atoms with Gasteiger partial charge >= 0.3 is 0 Å². The highest BCUT2D eigenvalue weighted by Crippen LogP contribution is 2.38. The summed E-state index contributed by atoms with van der Waals surface area (Å²) in [5, 5.41) is 3.25. The molecular weight excluding hydrogens is 267 g/mol. The lowest BCUT2D eigenvalue weighted by atomic mass is 10.3. The lowest BCUT2D eigenvalue weighted by Crippen LogP contribution is -2.03. The Hall–Kier alpha value is -1.88. The molecule has 0 bridgehead atoms. The fourth-order valence-corrected chi connectivity index (χ4v) is 1.96. The molecule has 1 aliphatic rings. The first-order chi connectivity index (χ1) is 9.11. The van der Waals surface area contributed by atoms with Crippen molar-refractivity contribution in [3.05, 3.63) is 40.9 Å². The predicted octanol–water partition coefficient (Wildman–Crippen LogP) is 3.47. The van der Waals surface area contributed by atoms with E-state index in [0.717, 1.165) is 18.7 Å². The van der Waals surface area contributed by atoms with Crippen LogP contribution in [0.5, 0.6) is 0 Å². The SMILES string of the molecule is Nc1cc(Nc2ccc(Cl)cc2F)nc(C2CC2)n1. The summed E-state index contributed by atoms with van der Waals surface area (Å²) >= 11 is 5.71. The van der Waals surface area contributed by atoms with Gasteiger partial charge < -0.3 is 11.1 Å². The summed E-state index contributed by atoms with van der Waals surface area (Å²) in [5.41, 5.74) is 6.04. The number of hydrogen-bond acceptors (Lipinski definition) is 4. The van der Waals surface area contributed by atoms with Crippen molar-refractivity contribution in [1.29, 1.82) is 0 Å². The van der Waals surface area contributed by atoms with Crippen LogP contribution >= 0.6 is 11.6 Å². The lowest BCUT2D eigenvalue weighted by Gasteiger charge is -2.09. The van der Waals surface area contributed by atoms with Crippen molar-refractivity contribution in [2.24, 2.45) is 0 Å². The third kappa shape index (κ3) is 2.76. The Morgan fingerprint density at radius 1 is 1.26 bits per heavy atom. The molecule has 1 saturated carbocycles. The minimum atomic E-state index is -0.433. The van der Waals surface area contributed by atoms with Crippen molar-refractivity contribution in [3.63, 3.8) is 0 Å². The van der Waals surface area contributed by atoms with Crippen LogP contribution in [0.25, 0.3) is 0 Å². The minimum Gasteiger partial charge on any atom is -0.384 e. The molecule has 0 amide bonds. The summed E-state index contributed by atoms with van der Waals surface area (Å²) in [7, 11) is 0. The summed E-state index contributed by atoms with van der Waals surface area (Å²) in [6, 6.07) is 6.00. The minimum absolute atomic E-state index is 0.309. The quantitative estimate of drug-likeness (QED) is 0.902. The molecule has 1 aliphatic carbocycles. The molecule has 0 radical (unpaired) electrons. The van der Waals surface area contributed by atoms with Gasteiger partial charge in [0, 0.05) is 17.0 Å². The number of aromatic nitrogens is 2. The summed E-state index contributed by atoms with van der Waals surface area (Å²) in [6.07, 6.45) is 2.16. The highest BCUT2D eigenvalue weighted by molar-refractivity contribution is 6.30. The van der Waals surface area contributed by atoms with Gasteiger partial charge in [-0.2, -0.15) is 0 Å². The number of nitrogens with two attached hydrogens (primary N) is 1. The Morgan fingerprint density at radius 2 is 2.05 bits per heavy atom. The van der Waals surface area contributed by atoms with Gasteiger partial charge in [-0.3, -0.25) is 0 Å². The zero-order valence-electron chi connectivity index (χ0n) is 10.0. The third-order valence-electron chi connectivity index (χ3n) is 2.90. The van der Waals surface area contributed by atoms with Crippen LogP contribution in [-0.4, -0.2) is 9.97 Å². The van der Waals surface area contributed by atoms with E-state index in [-0.39, 0.29) is 0 Å². The average Bonchev–Trinajstić information content (AvgIpc) is 3.16. The monoisotopic (exact) mass is 278 g/mol. The molecule has 3 N–H and O–H groups in total. The standard InChI is InChI=1S/C13H12ClFN4/c14-8-3-4-10(9(15)5-8)17-12-6-11(16)18-13(19-12)7-1-2-7/h3-7H,1-2H2,(H3,16,17,18,19). The second-order valence-corrected chi connectivity index (χ2v) is 5.00. The van der Waals surface area contributed by atoms with Gasteiger partial charge in [0.2, 0.25) is 0 Å². The highest BCUT2D eigenvalue weighted by atomic mass is 35.5. The Morgan fingerprint density at radius 3 is 2.74 bits per heavy atom. The topological polar surface area (TPSA) is 63.8 Å². The number of nitrogens with one attached hydrogen (secondary N) is 1. The van der Waals surface area contributed by atoms with E-state index >= 15 is 0 Å². The van der Waals surface area contributed by atoms with Gasteiger partial charge in [0.25, 0.3) is 0 Å². The fraction of sp³-hybridized carbons (Fsp3) is 0.231. The van der Waals surface area contributed by atoms with E-state index in [1.165, 1.54) is 6.07 Å². The molecule has 4 nitrogen and oxygen atoms in total. The predicted molar refractivity (Wildman–Crippen MR) is 73.1 cm³/mol. The Kier molecular flexibility index (Phi) is 2.98. The molecule has 19 heavy (non-hydrogen) atoms. The van der Waals surface area contributed by atoms with Crippen molar-refractivity contribution < 1.29 is 4.39 Å². The van der Waals surface area contributed by atoms with Crippen LogP contribution in [0.4, 0.5) is 21.7 Å². The van der Waals surface area contributed by atoms with Crippen molar-refractivity contribution in [2.45, 2.75) is 18.8 Å². The molecule has 3 rings (SSSR count). The van der Waals surface area contributed by atoms with E-state index in [0.29, 0.717) is 28.3 Å². The number of halogens is 2. The molecule has 0 spiro atoms. The molecule has 0 saturated heterocycles. The van der Waals surface area contributed by atoms with Gasteiger partial charge in [0.15, 0.2) is 0 Å². The van der Waals surface area contributed by atoms with E-state index in [4.69, 9.17) is 17.3 Å². The van der Waals surface area contributed by atoms with E-state index in [1.807, 2.05) is 0 Å². The molecular formula is C13H12ClFN4. The molecule has 98 valence electrons. The molecule has 0 unspecified atom stereocenters. The Balaban J connectivity index is 1.89. The summed E-state index contributed by atoms with van der Waals surface area (Å²) < 4.78 is 13.7. The normalized spacial score (nSPS) is 14.4. The molecule has 1 heterocycles. The smallest absolute Gasteiger partial charge is 0.148 e. The summed E-state index contributed by atoms with van der Waals surface area (Å²) in [4.78, 5) is 8.54. The maximum absolute atomic E-state index is 13.7. The molecule has 0 aliphatic heterocycles. The van der Waals surface area contributed by atoms with Gasteiger partial charge in [-0.05, 0) is 31.0 Å². The first-order valence-electron chi connectivity index (χ1n) is 5.98. The van der Waals surface area contributed by atoms with Crippen LogP contribution in [0.15, 0.2) is 24.3 Å². The maximum atomic E-state index is 13.7. The van der Waals surface area contributed by atoms with Gasteiger partial charge in [-0.1, -0.05) is 11.6 Å². The maximum Gasteiger partial charge on any atom is 0.148 e. The van der Waals surface area contributed by atoms with E-state index in [9.17, 15) is 4.39 Å². The van der Waals surface area contributed by atoms with Crippen LogP contribution < -0.4 is 11.1 Å². The van der Waals surface area contributed by atoms with Crippen LogP contribution in [0, 0.1) is 5.82 Å². The Labute approximate surface area is 114 Å². The molecule has 1 fully saturated rings. The summed E-state index contributed by atoms with van der Waals surface area (Å²) in [5.74, 6) is 1.55. The average molecular weight is 279 g/mol. The fourth-order valence-electron chi connectivity index (χ4n) is 1.80. The number of hydrogen-bond donors (Lipinski definition) is 2. The zero-order chi connectivity index (χ0) is 13.4. The van der Waals surface area contributed by atoms with Crippen molar-refractivity contribution in [3.8, 4) is 0 Å². The van der Waals surface area contributed by atoms with Crippen molar-refractivity contribution in [2.75, 3.05) is 11.1 Å². The molecule has 6 heteroatoms. The van der Waals surface area contributed by atoms with E-state index in [1.54, 1.807) is 18.2 Å². The van der Waals surface area contributed by atoms with Crippen LogP contribution in [0.1, 0.15) is 24.6 Å². The zero-order valence-corrected chi connectivity index (χ0v) is 10.8. The second-order valence-electron chi connectivity index (χ2n) is 4.56. The number of nitrogens with zero attached hydrogens (tertiary/aromatic N) is 2. The largest absolute Gasteiger partial charge is 0.384 e. The first-order valence-corrected chi connectivity index (χ1v) is 6.36. The third-order valence-corrected chi connectivity index (χ3v) is 3.13. The van der Waals surface area contributed by atoms with Crippen molar-refractivity contribution in [1.82, 2.24) is 9.97 Å². The molecule has 2 aromatic rings. The lowest BCUT2D eigenvalue weighted by molar-refractivity contribution is 0.632. The van der Waals surface area contributed by atoms with Gasteiger partial charge in [-0.25, -0.2) is 14.4 Å². The molecule has 0 atom stereocenters. The van der Waals surface area contributed by atoms with Crippen LogP contribution in [-0.2, 0) is 0 Å². The highest BCUT2D eigenvalue weighted by Gasteiger charge is 2.27. The first kappa shape index (κ1) is 12.2. The van der Waals surface area contributed by atoms with Crippen LogP contribution in [0.2, 0.25) is 5.02 Å². The van der Waals surface area contributed by atoms with Gasteiger partial charge in [-0.15, -0.1) is 0 Å². The number of rotatable bonds is 3. The van der Waals surface area contributed by atoms with E-state index in [2.05, 4.69) is 15.3 Å². The number of anilines is 3.